The molecule has 84 valence electrons. The van der Waals surface area contributed by atoms with E-state index in [1.165, 1.54) is 20.0 Å². The van der Waals surface area contributed by atoms with Crippen LogP contribution in [0.1, 0.15) is 11.1 Å². The van der Waals surface area contributed by atoms with Gasteiger partial charge in [-0.25, -0.2) is 8.78 Å². The van der Waals surface area contributed by atoms with Crippen LogP contribution in [-0.2, 0) is 0 Å². The van der Waals surface area contributed by atoms with E-state index in [1.54, 1.807) is 0 Å². The minimum Gasteiger partial charge on any atom is -0.367 e. The average molecular weight is 224 g/mol. The Labute approximate surface area is 90.9 Å². The van der Waals surface area contributed by atoms with Crippen molar-refractivity contribution in [2.24, 2.45) is 0 Å². The summed E-state index contributed by atoms with van der Waals surface area (Å²) in [7, 11) is 0. The Morgan fingerprint density at radius 2 is 2.00 bits per heavy atom. The second-order valence-electron chi connectivity index (χ2n) is 3.59. The summed E-state index contributed by atoms with van der Waals surface area (Å²) in [5.41, 5.74) is 6.29. The van der Waals surface area contributed by atoms with Crippen LogP contribution in [0, 0.1) is 25.5 Å². The van der Waals surface area contributed by atoms with Gasteiger partial charge in [0.05, 0.1) is 11.8 Å². The third kappa shape index (κ3) is 1.44. The van der Waals surface area contributed by atoms with Gasteiger partial charge < -0.3 is 10.3 Å². The van der Waals surface area contributed by atoms with Crippen LogP contribution in [0.15, 0.2) is 16.8 Å². The molecule has 0 aliphatic carbocycles. The number of nitrogens with zero attached hydrogens (tertiary/aromatic N) is 1. The molecule has 1 heterocycles. The molecule has 2 N–H and O–H groups in total. The summed E-state index contributed by atoms with van der Waals surface area (Å²) in [6.45, 7) is 2.98. The van der Waals surface area contributed by atoms with Crippen molar-refractivity contribution >= 4 is 5.88 Å². The molecule has 0 spiro atoms. The largest absolute Gasteiger partial charge is 0.367 e. The van der Waals surface area contributed by atoms with E-state index in [0.29, 0.717) is 0 Å². The predicted molar refractivity (Wildman–Crippen MR) is 55.7 cm³/mol. The smallest absolute Gasteiger partial charge is 0.230 e. The molecule has 16 heavy (non-hydrogen) atoms. The van der Waals surface area contributed by atoms with E-state index in [9.17, 15) is 8.78 Å². The number of halogens is 2. The van der Waals surface area contributed by atoms with Crippen molar-refractivity contribution < 1.29 is 13.3 Å². The molecule has 0 saturated heterocycles. The van der Waals surface area contributed by atoms with E-state index in [4.69, 9.17) is 5.73 Å². The maximum atomic E-state index is 13.9. The first-order chi connectivity index (χ1) is 7.52. The standard InChI is InChI=1S/C11H10F2N2O/c1-5-3-8(12)6(2)9(10(5)13)7-4-15-16-11(7)14/h3-4H,14H2,1-2H3. The average Bonchev–Trinajstić information content (AvgIpc) is 2.63. The highest BCUT2D eigenvalue weighted by atomic mass is 19.1. The normalized spacial score (nSPS) is 10.8. The number of aromatic nitrogens is 1. The summed E-state index contributed by atoms with van der Waals surface area (Å²) in [4.78, 5) is 0. The van der Waals surface area contributed by atoms with Gasteiger partial charge in [0.2, 0.25) is 5.88 Å². The molecule has 1 aromatic heterocycles. The number of hydrogen-bond acceptors (Lipinski definition) is 3. The number of aryl methyl sites for hydroxylation is 1. The summed E-state index contributed by atoms with van der Waals surface area (Å²) in [5.74, 6) is -1.00. The Kier molecular flexibility index (Phi) is 2.38. The predicted octanol–water partition coefficient (Wildman–Crippen LogP) is 2.82. The quantitative estimate of drug-likeness (QED) is 0.810. The molecule has 0 fully saturated rings. The van der Waals surface area contributed by atoms with Crippen molar-refractivity contribution in [3.63, 3.8) is 0 Å². The van der Waals surface area contributed by atoms with E-state index in [-0.39, 0.29) is 28.1 Å². The van der Waals surface area contributed by atoms with E-state index in [0.717, 1.165) is 6.07 Å². The second kappa shape index (κ2) is 3.59. The fourth-order valence-corrected chi connectivity index (χ4v) is 1.60. The molecule has 1 aromatic carbocycles. The lowest BCUT2D eigenvalue weighted by Gasteiger charge is -2.09. The number of rotatable bonds is 1. The first-order valence-corrected chi connectivity index (χ1v) is 4.68. The van der Waals surface area contributed by atoms with Crippen LogP contribution in [0.3, 0.4) is 0 Å². The zero-order valence-corrected chi connectivity index (χ0v) is 8.84. The van der Waals surface area contributed by atoms with E-state index in [1.807, 2.05) is 0 Å². The van der Waals surface area contributed by atoms with Crippen molar-refractivity contribution in [2.75, 3.05) is 5.73 Å². The molecule has 0 radical (unpaired) electrons. The lowest BCUT2D eigenvalue weighted by atomic mass is 9.99. The van der Waals surface area contributed by atoms with Crippen LogP contribution in [0.5, 0.6) is 0 Å². The first-order valence-electron chi connectivity index (χ1n) is 4.68. The molecule has 0 bridgehead atoms. The lowest BCUT2D eigenvalue weighted by Crippen LogP contribution is -1.97. The minimum atomic E-state index is -0.506. The first kappa shape index (κ1) is 10.6. The van der Waals surface area contributed by atoms with Gasteiger partial charge in [0.25, 0.3) is 0 Å². The van der Waals surface area contributed by atoms with Gasteiger partial charge in [-0.3, -0.25) is 0 Å². The van der Waals surface area contributed by atoms with Gasteiger partial charge in [0.15, 0.2) is 0 Å². The van der Waals surface area contributed by atoms with Crippen LogP contribution in [0.2, 0.25) is 0 Å². The molecule has 5 heteroatoms. The third-order valence-electron chi connectivity index (χ3n) is 2.51. The fraction of sp³-hybridized carbons (Fsp3) is 0.182. The molecule has 0 aliphatic heterocycles. The number of anilines is 1. The van der Waals surface area contributed by atoms with Crippen LogP contribution in [0.4, 0.5) is 14.7 Å². The Hall–Kier alpha value is -1.91. The van der Waals surface area contributed by atoms with E-state index >= 15 is 0 Å². The summed E-state index contributed by atoms with van der Waals surface area (Å²) in [5, 5.41) is 3.45. The fourth-order valence-electron chi connectivity index (χ4n) is 1.60. The molecular weight excluding hydrogens is 214 g/mol. The van der Waals surface area contributed by atoms with Gasteiger partial charge in [-0.1, -0.05) is 5.16 Å². The van der Waals surface area contributed by atoms with Crippen molar-refractivity contribution in [1.29, 1.82) is 0 Å². The molecular formula is C11H10F2N2O. The zero-order valence-electron chi connectivity index (χ0n) is 8.84. The molecule has 0 amide bonds. The van der Waals surface area contributed by atoms with E-state index in [2.05, 4.69) is 9.68 Å². The molecule has 0 atom stereocenters. The highest BCUT2D eigenvalue weighted by Crippen LogP contribution is 2.33. The van der Waals surface area contributed by atoms with E-state index < -0.39 is 11.6 Å². The Morgan fingerprint density at radius 3 is 2.56 bits per heavy atom. The van der Waals surface area contributed by atoms with Crippen molar-refractivity contribution in [3.8, 4) is 11.1 Å². The van der Waals surface area contributed by atoms with Gasteiger partial charge in [-0.05, 0) is 31.0 Å². The summed E-state index contributed by atoms with van der Waals surface area (Å²) < 4.78 is 32.0. The van der Waals surface area contributed by atoms with Crippen molar-refractivity contribution in [3.05, 3.63) is 35.0 Å². The van der Waals surface area contributed by atoms with Gasteiger partial charge in [0.1, 0.15) is 11.6 Å². The monoisotopic (exact) mass is 224 g/mol. The molecule has 0 saturated carbocycles. The highest BCUT2D eigenvalue weighted by molar-refractivity contribution is 5.75. The highest BCUT2D eigenvalue weighted by Gasteiger charge is 2.19. The third-order valence-corrected chi connectivity index (χ3v) is 2.51. The van der Waals surface area contributed by atoms with Gasteiger partial charge in [-0.15, -0.1) is 0 Å². The Bertz CT molecular complexity index is 523. The lowest BCUT2D eigenvalue weighted by molar-refractivity contribution is 0.436. The SMILES string of the molecule is Cc1cc(F)c(C)c(-c2cnoc2N)c1F. The summed E-state index contributed by atoms with van der Waals surface area (Å²) in [6, 6.07) is 1.15. The number of nitrogens with two attached hydrogens (primary N) is 1. The van der Waals surface area contributed by atoms with Gasteiger partial charge >= 0.3 is 0 Å². The van der Waals surface area contributed by atoms with Gasteiger partial charge in [0, 0.05) is 5.56 Å². The van der Waals surface area contributed by atoms with Crippen LogP contribution >= 0.6 is 0 Å². The Balaban J connectivity index is 2.79. The molecule has 2 aromatic rings. The van der Waals surface area contributed by atoms with Crippen LogP contribution in [0.25, 0.3) is 11.1 Å². The Morgan fingerprint density at radius 1 is 1.31 bits per heavy atom. The topological polar surface area (TPSA) is 52.0 Å². The summed E-state index contributed by atoms with van der Waals surface area (Å²) >= 11 is 0. The van der Waals surface area contributed by atoms with Crippen LogP contribution < -0.4 is 5.73 Å². The number of benzene rings is 1. The number of hydrogen-bond donors (Lipinski definition) is 1. The maximum Gasteiger partial charge on any atom is 0.230 e. The second-order valence-corrected chi connectivity index (χ2v) is 3.59. The maximum absolute atomic E-state index is 13.9. The molecule has 0 aliphatic rings. The summed E-state index contributed by atoms with van der Waals surface area (Å²) in [6.07, 6.45) is 1.28. The van der Waals surface area contributed by atoms with Crippen LogP contribution in [-0.4, -0.2) is 5.16 Å². The molecule has 3 nitrogen and oxygen atoms in total. The van der Waals surface area contributed by atoms with Gasteiger partial charge in [-0.2, -0.15) is 0 Å². The molecule has 2 rings (SSSR count). The molecule has 0 unspecified atom stereocenters. The zero-order chi connectivity index (χ0) is 11.9. The number of nitrogen functional groups attached to an aromatic ring is 1. The minimum absolute atomic E-state index is 0.0213. The van der Waals surface area contributed by atoms with Crippen molar-refractivity contribution in [1.82, 2.24) is 5.16 Å². The van der Waals surface area contributed by atoms with Crippen molar-refractivity contribution in [2.45, 2.75) is 13.8 Å².